The number of carboxylic acids is 1. The molecule has 7 heteroatoms. The number of halogens is 1. The lowest BCUT2D eigenvalue weighted by Gasteiger charge is -2.13. The zero-order valence-corrected chi connectivity index (χ0v) is 22.0. The van der Waals surface area contributed by atoms with Crippen molar-refractivity contribution in [1.82, 2.24) is 9.97 Å². The summed E-state index contributed by atoms with van der Waals surface area (Å²) in [6, 6.07) is 20.2. The molecule has 0 amide bonds. The molecule has 0 spiro atoms. The Bertz CT molecular complexity index is 1680. The van der Waals surface area contributed by atoms with E-state index >= 15 is 0 Å². The van der Waals surface area contributed by atoms with Crippen LogP contribution in [0.25, 0.3) is 43.2 Å². The number of anilines is 1. The number of nitrogens with zero attached hydrogens (tertiary/aromatic N) is 3. The maximum Gasteiger partial charge on any atom is 0.307 e. The number of hydrogen-bond acceptors (Lipinski definition) is 5. The second-order valence-corrected chi connectivity index (χ2v) is 10.9. The molecule has 6 rings (SSSR count). The molecular weight excluding hydrogens is 502 g/mol. The lowest BCUT2D eigenvalue weighted by atomic mass is 9.93. The van der Waals surface area contributed by atoms with Crippen molar-refractivity contribution in [3.8, 4) is 33.0 Å². The van der Waals surface area contributed by atoms with E-state index in [0.29, 0.717) is 5.02 Å². The van der Waals surface area contributed by atoms with Crippen LogP contribution in [0, 0.1) is 6.92 Å². The van der Waals surface area contributed by atoms with Crippen molar-refractivity contribution in [3.63, 3.8) is 0 Å². The minimum Gasteiger partial charge on any atom is -0.481 e. The van der Waals surface area contributed by atoms with Crippen LogP contribution in [0.3, 0.4) is 0 Å². The first-order valence-electron chi connectivity index (χ1n) is 12.1. The molecule has 5 nitrogen and oxygen atoms in total. The molecule has 1 N–H and O–H groups in total. The maximum atomic E-state index is 11.7. The Kier molecular flexibility index (Phi) is 5.94. The Morgan fingerprint density at radius 3 is 2.62 bits per heavy atom. The fourth-order valence-electron chi connectivity index (χ4n) is 5.08. The molecule has 0 saturated carbocycles. The van der Waals surface area contributed by atoms with Gasteiger partial charge in [0.2, 0.25) is 0 Å². The monoisotopic (exact) mass is 525 g/mol. The van der Waals surface area contributed by atoms with Gasteiger partial charge in [0.05, 0.1) is 22.3 Å². The van der Waals surface area contributed by atoms with Gasteiger partial charge < -0.3 is 10.0 Å². The number of likely N-dealkylation sites (N-methyl/N-ethyl adjacent to an activating group) is 1. The molecule has 184 valence electrons. The molecule has 0 saturated heterocycles. The fourth-order valence-corrected chi connectivity index (χ4v) is 6.34. The number of aryl methyl sites for hydroxylation is 1. The van der Waals surface area contributed by atoms with Gasteiger partial charge in [-0.05, 0) is 72.0 Å². The summed E-state index contributed by atoms with van der Waals surface area (Å²) < 4.78 is 0.969. The van der Waals surface area contributed by atoms with E-state index in [0.717, 1.165) is 67.3 Å². The Hall–Kier alpha value is -3.74. The van der Waals surface area contributed by atoms with Crippen LogP contribution in [0.4, 0.5) is 5.69 Å². The van der Waals surface area contributed by atoms with Crippen LogP contribution >= 0.6 is 22.9 Å². The predicted molar refractivity (Wildman–Crippen MR) is 152 cm³/mol. The number of carboxylic acid groups (broad SMARTS) is 1. The van der Waals surface area contributed by atoms with E-state index in [2.05, 4.69) is 41.2 Å². The summed E-state index contributed by atoms with van der Waals surface area (Å²) in [5.41, 5.74) is 10.0. The second-order valence-electron chi connectivity index (χ2n) is 9.44. The SMILES string of the molecule is Cc1cc2nc(-c3ccnc(-c4ccc5c(c4)N(C)CC5)c3)sc2c(-c2ccc(Cl)cc2)c1CC(=O)O. The van der Waals surface area contributed by atoms with Crippen LogP contribution < -0.4 is 4.90 Å². The Balaban J connectivity index is 1.48. The zero-order chi connectivity index (χ0) is 25.7. The van der Waals surface area contributed by atoms with Crippen LogP contribution in [0.2, 0.25) is 5.02 Å². The highest BCUT2D eigenvalue weighted by Crippen LogP contribution is 2.41. The summed E-state index contributed by atoms with van der Waals surface area (Å²) >= 11 is 7.73. The number of hydrogen-bond donors (Lipinski definition) is 1. The molecule has 1 aliphatic heterocycles. The number of benzene rings is 3. The third kappa shape index (κ3) is 4.37. The number of thiazole rings is 1. The first-order valence-corrected chi connectivity index (χ1v) is 13.3. The van der Waals surface area contributed by atoms with Gasteiger partial charge in [-0.15, -0.1) is 11.3 Å². The van der Waals surface area contributed by atoms with Crippen molar-refractivity contribution in [1.29, 1.82) is 0 Å². The van der Waals surface area contributed by atoms with Gasteiger partial charge in [0, 0.05) is 47.2 Å². The molecule has 0 atom stereocenters. The summed E-state index contributed by atoms with van der Waals surface area (Å²) in [7, 11) is 2.12. The van der Waals surface area contributed by atoms with Crippen LogP contribution in [-0.4, -0.2) is 34.6 Å². The van der Waals surface area contributed by atoms with E-state index in [-0.39, 0.29) is 6.42 Å². The van der Waals surface area contributed by atoms with E-state index in [1.165, 1.54) is 11.3 Å². The number of pyridine rings is 1. The highest BCUT2D eigenvalue weighted by molar-refractivity contribution is 7.22. The minimum absolute atomic E-state index is 0.0564. The molecule has 0 bridgehead atoms. The van der Waals surface area contributed by atoms with Crippen molar-refractivity contribution in [3.05, 3.63) is 88.6 Å². The van der Waals surface area contributed by atoms with Gasteiger partial charge in [-0.3, -0.25) is 9.78 Å². The molecule has 1 aliphatic rings. The molecule has 0 aliphatic carbocycles. The van der Waals surface area contributed by atoms with Crippen molar-refractivity contribution >= 4 is 44.8 Å². The molecule has 0 unspecified atom stereocenters. The number of aliphatic carboxylic acids is 1. The molecule has 0 radical (unpaired) electrons. The average molecular weight is 526 g/mol. The fraction of sp³-hybridized carbons (Fsp3) is 0.167. The molecular formula is C30H24ClN3O2S. The molecule has 37 heavy (non-hydrogen) atoms. The van der Waals surface area contributed by atoms with E-state index in [9.17, 15) is 9.90 Å². The number of carbonyl (C=O) groups is 1. The van der Waals surface area contributed by atoms with Crippen molar-refractivity contribution in [2.24, 2.45) is 0 Å². The van der Waals surface area contributed by atoms with Gasteiger partial charge in [0.15, 0.2) is 0 Å². The largest absolute Gasteiger partial charge is 0.481 e. The van der Waals surface area contributed by atoms with Crippen molar-refractivity contribution in [2.45, 2.75) is 19.8 Å². The lowest BCUT2D eigenvalue weighted by molar-refractivity contribution is -0.136. The number of rotatable bonds is 5. The van der Waals surface area contributed by atoms with Gasteiger partial charge in [0.1, 0.15) is 5.01 Å². The second kappa shape index (κ2) is 9.29. The third-order valence-corrected chi connectivity index (χ3v) is 8.38. The zero-order valence-electron chi connectivity index (χ0n) is 20.5. The highest BCUT2D eigenvalue weighted by Gasteiger charge is 2.20. The molecule has 2 aromatic heterocycles. The van der Waals surface area contributed by atoms with Gasteiger partial charge in [-0.25, -0.2) is 4.98 Å². The summed E-state index contributed by atoms with van der Waals surface area (Å²) in [6.07, 6.45) is 2.85. The Morgan fingerprint density at radius 2 is 1.84 bits per heavy atom. The number of fused-ring (bicyclic) bond motifs is 2. The Morgan fingerprint density at radius 1 is 1.05 bits per heavy atom. The number of aromatic nitrogens is 2. The lowest BCUT2D eigenvalue weighted by Crippen LogP contribution is -2.12. The van der Waals surface area contributed by atoms with Gasteiger partial charge in [0.25, 0.3) is 0 Å². The minimum atomic E-state index is -0.860. The maximum absolute atomic E-state index is 11.7. The van der Waals surface area contributed by atoms with Gasteiger partial charge >= 0.3 is 5.97 Å². The van der Waals surface area contributed by atoms with E-state index in [1.807, 2.05) is 49.5 Å². The predicted octanol–water partition coefficient (Wildman–Crippen LogP) is 7.27. The average Bonchev–Trinajstić information content (AvgIpc) is 3.48. The highest BCUT2D eigenvalue weighted by atomic mass is 35.5. The van der Waals surface area contributed by atoms with Gasteiger partial charge in [-0.1, -0.05) is 35.9 Å². The molecule has 0 fully saturated rings. The normalized spacial score (nSPS) is 12.8. The summed E-state index contributed by atoms with van der Waals surface area (Å²) in [5.74, 6) is -0.860. The molecule has 5 aromatic rings. The Labute approximate surface area is 224 Å². The summed E-state index contributed by atoms with van der Waals surface area (Å²) in [5, 5.41) is 11.1. The van der Waals surface area contributed by atoms with E-state index in [4.69, 9.17) is 16.6 Å². The van der Waals surface area contributed by atoms with Crippen molar-refractivity contribution in [2.75, 3.05) is 18.5 Å². The van der Waals surface area contributed by atoms with E-state index < -0.39 is 5.97 Å². The first-order chi connectivity index (χ1) is 17.9. The molecule has 3 aromatic carbocycles. The smallest absolute Gasteiger partial charge is 0.307 e. The summed E-state index contributed by atoms with van der Waals surface area (Å²) in [6.45, 7) is 2.99. The third-order valence-electron chi connectivity index (χ3n) is 6.99. The standard InChI is InChI=1S/C30H24ClN3O2S/c1-17-13-25-29(28(23(17)16-27(35)36)19-5-7-22(31)8-6-19)37-30(33-25)21-9-11-32-24(14-21)20-4-3-18-10-12-34(2)26(18)15-20/h3-9,11,13-15H,10,12,16H2,1-2H3,(H,35,36). The van der Waals surface area contributed by atoms with Crippen LogP contribution in [0.15, 0.2) is 66.9 Å². The first kappa shape index (κ1) is 23.6. The quantitative estimate of drug-likeness (QED) is 0.261. The van der Waals surface area contributed by atoms with Crippen molar-refractivity contribution < 1.29 is 9.90 Å². The van der Waals surface area contributed by atoms with Crippen LogP contribution in [0.1, 0.15) is 16.7 Å². The summed E-state index contributed by atoms with van der Waals surface area (Å²) in [4.78, 5) is 23.7. The van der Waals surface area contributed by atoms with E-state index in [1.54, 1.807) is 11.3 Å². The van der Waals surface area contributed by atoms with Crippen LogP contribution in [0.5, 0.6) is 0 Å². The van der Waals surface area contributed by atoms with Gasteiger partial charge in [-0.2, -0.15) is 0 Å². The topological polar surface area (TPSA) is 66.3 Å². The molecule has 3 heterocycles. The van der Waals surface area contributed by atoms with Crippen LogP contribution in [-0.2, 0) is 17.6 Å².